The van der Waals surface area contributed by atoms with E-state index >= 15 is 0 Å². The molecule has 0 heterocycles. The summed E-state index contributed by atoms with van der Waals surface area (Å²) < 4.78 is 35.0. The Bertz CT molecular complexity index is 156. The van der Waals surface area contributed by atoms with Crippen LogP contribution >= 0.6 is 0 Å². The molecule has 0 bridgehead atoms. The van der Waals surface area contributed by atoms with Gasteiger partial charge in [-0.3, -0.25) is 0 Å². The van der Waals surface area contributed by atoms with Gasteiger partial charge in [-0.05, 0) is 25.8 Å². The van der Waals surface area contributed by atoms with Crippen molar-refractivity contribution < 1.29 is 13.2 Å². The van der Waals surface area contributed by atoms with Crippen LogP contribution in [0.1, 0.15) is 25.7 Å². The first-order valence-corrected chi connectivity index (χ1v) is 4.48. The number of nitrogens with two attached hydrogens (primary N) is 1. The zero-order chi connectivity index (χ0) is 9.95. The lowest BCUT2D eigenvalue weighted by Gasteiger charge is -2.10. The average molecular weight is 196 g/mol. The van der Waals surface area contributed by atoms with Gasteiger partial charge in [-0.1, -0.05) is 0 Å². The summed E-state index contributed by atoms with van der Waals surface area (Å²) in [5.41, 5.74) is 5.62. The molecule has 0 radical (unpaired) electrons. The molecule has 0 saturated heterocycles. The summed E-state index contributed by atoms with van der Waals surface area (Å²) in [5.74, 6) is 0. The first-order valence-electron chi connectivity index (χ1n) is 4.48. The molecule has 1 fully saturated rings. The maximum atomic E-state index is 11.7. The maximum Gasteiger partial charge on any atom is 0.389 e. The molecule has 0 aliphatic heterocycles. The van der Waals surface area contributed by atoms with Gasteiger partial charge in [-0.15, -0.1) is 0 Å². The Hall–Kier alpha value is -0.290. The molecule has 1 aliphatic carbocycles. The van der Waals surface area contributed by atoms with Crippen LogP contribution in [0.4, 0.5) is 13.2 Å². The van der Waals surface area contributed by atoms with E-state index in [1.807, 2.05) is 0 Å². The Labute approximate surface area is 75.7 Å². The topological polar surface area (TPSA) is 38.0 Å². The summed E-state index contributed by atoms with van der Waals surface area (Å²) in [5, 5.41) is 2.94. The van der Waals surface area contributed by atoms with E-state index in [0.29, 0.717) is 13.1 Å². The molecule has 3 N–H and O–H groups in total. The van der Waals surface area contributed by atoms with Crippen molar-refractivity contribution in [1.29, 1.82) is 0 Å². The van der Waals surface area contributed by atoms with Crippen molar-refractivity contribution in [3.63, 3.8) is 0 Å². The summed E-state index contributed by atoms with van der Waals surface area (Å²) >= 11 is 0. The molecule has 1 saturated carbocycles. The number of nitrogens with one attached hydrogen (secondary N) is 1. The van der Waals surface area contributed by atoms with Gasteiger partial charge in [-0.25, -0.2) is 0 Å². The molecule has 78 valence electrons. The minimum atomic E-state index is -4.03. The van der Waals surface area contributed by atoms with E-state index < -0.39 is 12.6 Å². The van der Waals surface area contributed by atoms with Gasteiger partial charge in [0.25, 0.3) is 0 Å². The summed E-state index contributed by atoms with van der Waals surface area (Å²) in [4.78, 5) is 0. The minimum absolute atomic E-state index is 0.113. The molecule has 5 heteroatoms. The highest BCUT2D eigenvalue weighted by Crippen LogP contribution is 2.30. The second kappa shape index (κ2) is 3.84. The Kier molecular flexibility index (Phi) is 3.18. The summed E-state index contributed by atoms with van der Waals surface area (Å²) in [7, 11) is 0. The quantitative estimate of drug-likeness (QED) is 0.652. The van der Waals surface area contributed by atoms with E-state index in [0.717, 1.165) is 12.8 Å². The average Bonchev–Trinajstić information content (AvgIpc) is 2.65. The maximum absolute atomic E-state index is 11.7. The monoisotopic (exact) mass is 196 g/mol. The Morgan fingerprint density at radius 1 is 1.31 bits per heavy atom. The lowest BCUT2D eigenvalue weighted by Crippen LogP contribution is -2.36. The van der Waals surface area contributed by atoms with Crippen molar-refractivity contribution in [2.75, 3.05) is 13.1 Å². The van der Waals surface area contributed by atoms with E-state index in [9.17, 15) is 13.2 Å². The molecular weight excluding hydrogens is 181 g/mol. The smallest absolute Gasteiger partial charge is 0.324 e. The number of halogens is 3. The van der Waals surface area contributed by atoms with Crippen molar-refractivity contribution in [2.45, 2.75) is 37.4 Å². The van der Waals surface area contributed by atoms with Gasteiger partial charge in [0, 0.05) is 18.5 Å². The zero-order valence-corrected chi connectivity index (χ0v) is 7.45. The van der Waals surface area contributed by atoms with Crippen LogP contribution in [0, 0.1) is 0 Å². The van der Waals surface area contributed by atoms with E-state index in [-0.39, 0.29) is 12.0 Å². The molecule has 0 unspecified atom stereocenters. The molecule has 0 spiro atoms. The number of alkyl halides is 3. The molecule has 1 rings (SSSR count). The molecule has 0 aromatic rings. The second-order valence-corrected chi connectivity index (χ2v) is 3.76. The van der Waals surface area contributed by atoms with E-state index in [1.165, 1.54) is 0 Å². The van der Waals surface area contributed by atoms with Crippen molar-refractivity contribution >= 4 is 0 Å². The highest BCUT2D eigenvalue weighted by atomic mass is 19.4. The van der Waals surface area contributed by atoms with Gasteiger partial charge in [0.05, 0.1) is 0 Å². The van der Waals surface area contributed by atoms with Crippen molar-refractivity contribution in [2.24, 2.45) is 5.73 Å². The van der Waals surface area contributed by atoms with Gasteiger partial charge in [-0.2, -0.15) is 13.2 Å². The van der Waals surface area contributed by atoms with Crippen LogP contribution in [-0.2, 0) is 0 Å². The van der Waals surface area contributed by atoms with Crippen molar-refractivity contribution in [1.82, 2.24) is 5.32 Å². The van der Waals surface area contributed by atoms with Crippen LogP contribution in [0.25, 0.3) is 0 Å². The fourth-order valence-electron chi connectivity index (χ4n) is 1.09. The Morgan fingerprint density at radius 2 is 1.92 bits per heavy atom. The molecule has 2 nitrogen and oxygen atoms in total. The van der Waals surface area contributed by atoms with Crippen LogP contribution in [-0.4, -0.2) is 24.8 Å². The Morgan fingerprint density at radius 3 is 2.38 bits per heavy atom. The normalized spacial score (nSPS) is 20.3. The molecule has 0 amide bonds. The molecule has 0 aromatic carbocycles. The third kappa shape index (κ3) is 5.10. The lowest BCUT2D eigenvalue weighted by atomic mass is 10.2. The van der Waals surface area contributed by atoms with E-state index in [2.05, 4.69) is 5.32 Å². The van der Waals surface area contributed by atoms with Crippen LogP contribution in [0.3, 0.4) is 0 Å². The number of hydrogen-bond donors (Lipinski definition) is 2. The molecule has 0 aromatic heterocycles. The fraction of sp³-hybridized carbons (Fsp3) is 1.00. The Balaban J connectivity index is 1.90. The second-order valence-electron chi connectivity index (χ2n) is 3.76. The summed E-state index contributed by atoms with van der Waals surface area (Å²) in [6, 6.07) is 0. The van der Waals surface area contributed by atoms with Crippen LogP contribution in [0.2, 0.25) is 0 Å². The standard InChI is InChI=1S/C8H15F3N2/c9-8(10,11)2-1-5-13-6-7(12)3-4-7/h13H,1-6,12H2. The van der Waals surface area contributed by atoms with Gasteiger partial charge in [0.2, 0.25) is 0 Å². The van der Waals surface area contributed by atoms with E-state index in [1.54, 1.807) is 0 Å². The van der Waals surface area contributed by atoms with Crippen molar-refractivity contribution in [3.8, 4) is 0 Å². The largest absolute Gasteiger partial charge is 0.389 e. The van der Waals surface area contributed by atoms with Gasteiger partial charge in [0.15, 0.2) is 0 Å². The zero-order valence-electron chi connectivity index (χ0n) is 7.45. The van der Waals surface area contributed by atoms with Gasteiger partial charge < -0.3 is 11.1 Å². The highest BCUT2D eigenvalue weighted by Gasteiger charge is 2.37. The number of hydrogen-bond acceptors (Lipinski definition) is 2. The molecule has 0 atom stereocenters. The minimum Gasteiger partial charge on any atom is -0.324 e. The molecule has 13 heavy (non-hydrogen) atoms. The summed E-state index contributed by atoms with van der Waals surface area (Å²) in [6.45, 7) is 1.04. The predicted molar refractivity (Wildman–Crippen MR) is 44.3 cm³/mol. The van der Waals surface area contributed by atoms with Crippen molar-refractivity contribution in [3.05, 3.63) is 0 Å². The van der Waals surface area contributed by atoms with Crippen LogP contribution in [0.15, 0.2) is 0 Å². The summed E-state index contributed by atoms with van der Waals surface area (Å²) in [6.07, 6.45) is -2.63. The third-order valence-corrected chi connectivity index (χ3v) is 2.18. The van der Waals surface area contributed by atoms with Gasteiger partial charge in [0.1, 0.15) is 0 Å². The first kappa shape index (κ1) is 10.8. The lowest BCUT2D eigenvalue weighted by molar-refractivity contribution is -0.135. The van der Waals surface area contributed by atoms with Crippen LogP contribution in [0.5, 0.6) is 0 Å². The first-order chi connectivity index (χ1) is 5.91. The molecule has 1 aliphatic rings. The highest BCUT2D eigenvalue weighted by molar-refractivity contribution is 5.00. The van der Waals surface area contributed by atoms with Crippen LogP contribution < -0.4 is 11.1 Å². The fourth-order valence-corrected chi connectivity index (χ4v) is 1.09. The van der Waals surface area contributed by atoms with E-state index in [4.69, 9.17) is 5.73 Å². The molecular formula is C8H15F3N2. The number of rotatable bonds is 5. The SMILES string of the molecule is NC1(CNCCCC(F)(F)F)CC1. The van der Waals surface area contributed by atoms with Gasteiger partial charge >= 0.3 is 6.18 Å². The third-order valence-electron chi connectivity index (χ3n) is 2.18. The predicted octanol–water partition coefficient (Wildman–Crippen LogP) is 1.41.